The van der Waals surface area contributed by atoms with Crippen LogP contribution in [0.3, 0.4) is 0 Å². The predicted molar refractivity (Wildman–Crippen MR) is 144 cm³/mol. The van der Waals surface area contributed by atoms with Crippen molar-refractivity contribution in [2.75, 3.05) is 25.1 Å². The molecule has 0 bridgehead atoms. The lowest BCUT2D eigenvalue weighted by atomic mass is 9.90. The van der Waals surface area contributed by atoms with Crippen LogP contribution in [0.25, 0.3) is 0 Å². The number of nitrogens with zero attached hydrogens (tertiary/aromatic N) is 2. The minimum atomic E-state index is -4.14. The molecule has 10 heteroatoms. The van der Waals surface area contributed by atoms with Crippen LogP contribution in [0.1, 0.15) is 29.5 Å². The fourth-order valence-corrected chi connectivity index (χ4v) is 5.76. The first-order valence-electron chi connectivity index (χ1n) is 11.7. The quantitative estimate of drug-likeness (QED) is 0.416. The van der Waals surface area contributed by atoms with Crippen molar-refractivity contribution in [1.82, 2.24) is 5.43 Å². The maximum absolute atomic E-state index is 13.7. The standard InChI is InChI=1S/C27H28ClN3O5S/c1-18-7-11-22(12-8-18)37(33,34)31(25-16-20(28)9-14-26(25)36-3)17-27(32)30-29-24-6-4-5-19-15-21(35-2)10-13-23(19)24/h7-16H,4-6,17H2,1-3H3,(H,30,32)/b29-24-. The third kappa shape index (κ3) is 5.89. The van der Waals surface area contributed by atoms with E-state index in [1.807, 2.05) is 25.1 Å². The monoisotopic (exact) mass is 541 g/mol. The number of rotatable bonds is 8. The first-order valence-corrected chi connectivity index (χ1v) is 13.5. The fraction of sp³-hybridized carbons (Fsp3) is 0.259. The lowest BCUT2D eigenvalue weighted by Crippen LogP contribution is -2.40. The van der Waals surface area contributed by atoms with Crippen LogP contribution in [0, 0.1) is 6.92 Å². The molecule has 0 saturated heterocycles. The number of hydrogen-bond donors (Lipinski definition) is 1. The summed E-state index contributed by atoms with van der Waals surface area (Å²) in [5, 5.41) is 4.65. The minimum Gasteiger partial charge on any atom is -0.497 e. The number of anilines is 1. The van der Waals surface area contributed by atoms with E-state index in [4.69, 9.17) is 21.1 Å². The average molecular weight is 542 g/mol. The third-order valence-electron chi connectivity index (χ3n) is 6.10. The number of hydrazone groups is 1. The predicted octanol–water partition coefficient (Wildman–Crippen LogP) is 4.72. The van der Waals surface area contributed by atoms with Gasteiger partial charge >= 0.3 is 0 Å². The molecule has 37 heavy (non-hydrogen) atoms. The van der Waals surface area contributed by atoms with E-state index in [1.54, 1.807) is 31.4 Å². The molecule has 1 aliphatic carbocycles. The number of nitrogens with one attached hydrogen (secondary N) is 1. The normalized spacial score (nSPS) is 14.1. The average Bonchev–Trinajstić information content (AvgIpc) is 2.90. The zero-order chi connectivity index (χ0) is 26.6. The highest BCUT2D eigenvalue weighted by atomic mass is 35.5. The molecule has 1 N–H and O–H groups in total. The highest BCUT2D eigenvalue weighted by molar-refractivity contribution is 7.92. The van der Waals surface area contributed by atoms with Gasteiger partial charge in [-0.2, -0.15) is 5.10 Å². The van der Waals surface area contributed by atoms with Gasteiger partial charge in [-0.3, -0.25) is 9.10 Å². The molecule has 1 amide bonds. The van der Waals surface area contributed by atoms with Crippen LogP contribution in [0.5, 0.6) is 11.5 Å². The van der Waals surface area contributed by atoms with E-state index in [9.17, 15) is 13.2 Å². The Morgan fingerprint density at radius 3 is 2.49 bits per heavy atom. The van der Waals surface area contributed by atoms with Gasteiger partial charge in [-0.25, -0.2) is 13.8 Å². The molecule has 0 fully saturated rings. The second-order valence-electron chi connectivity index (χ2n) is 8.61. The Morgan fingerprint density at radius 2 is 1.78 bits per heavy atom. The van der Waals surface area contributed by atoms with Gasteiger partial charge in [-0.15, -0.1) is 0 Å². The summed E-state index contributed by atoms with van der Waals surface area (Å²) in [6.45, 7) is 1.33. The molecule has 0 atom stereocenters. The lowest BCUT2D eigenvalue weighted by molar-refractivity contribution is -0.119. The molecule has 0 spiro atoms. The number of fused-ring (bicyclic) bond motifs is 1. The Hall–Kier alpha value is -3.56. The number of ether oxygens (including phenoxy) is 2. The topological polar surface area (TPSA) is 97.3 Å². The highest BCUT2D eigenvalue weighted by Crippen LogP contribution is 2.35. The lowest BCUT2D eigenvalue weighted by Gasteiger charge is -2.25. The molecule has 0 heterocycles. The number of methoxy groups -OCH3 is 2. The van der Waals surface area contributed by atoms with Crippen molar-refractivity contribution in [1.29, 1.82) is 0 Å². The van der Waals surface area contributed by atoms with E-state index >= 15 is 0 Å². The van der Waals surface area contributed by atoms with E-state index in [0.29, 0.717) is 11.4 Å². The summed E-state index contributed by atoms with van der Waals surface area (Å²) in [6, 6.07) is 16.7. The molecule has 0 aliphatic heterocycles. The van der Waals surface area contributed by atoms with E-state index in [1.165, 1.54) is 25.3 Å². The minimum absolute atomic E-state index is 0.0365. The van der Waals surface area contributed by atoms with Crippen LogP contribution >= 0.6 is 11.6 Å². The Kier molecular flexibility index (Phi) is 8.04. The Labute approximate surface area is 221 Å². The molecule has 0 saturated carbocycles. The van der Waals surface area contributed by atoms with Crippen LogP contribution in [0.15, 0.2) is 70.7 Å². The van der Waals surface area contributed by atoms with Crippen LogP contribution < -0.4 is 19.2 Å². The molecule has 0 radical (unpaired) electrons. The molecular weight excluding hydrogens is 514 g/mol. The maximum atomic E-state index is 13.7. The zero-order valence-electron chi connectivity index (χ0n) is 20.8. The molecule has 3 aromatic rings. The smallest absolute Gasteiger partial charge is 0.264 e. The van der Waals surface area contributed by atoms with E-state index < -0.39 is 22.5 Å². The maximum Gasteiger partial charge on any atom is 0.264 e. The van der Waals surface area contributed by atoms with Gasteiger partial charge in [0.25, 0.3) is 15.9 Å². The number of amides is 1. The first-order chi connectivity index (χ1) is 17.7. The molecular formula is C27H28ClN3O5S. The zero-order valence-corrected chi connectivity index (χ0v) is 22.4. The highest BCUT2D eigenvalue weighted by Gasteiger charge is 2.30. The SMILES string of the molecule is COc1ccc2c(c1)CCC/C2=N/NC(=O)CN(c1cc(Cl)ccc1OC)S(=O)(=O)c1ccc(C)cc1. The molecule has 0 aromatic heterocycles. The van der Waals surface area contributed by atoms with E-state index in [2.05, 4.69) is 10.5 Å². The second-order valence-corrected chi connectivity index (χ2v) is 10.9. The number of carbonyl (C=O) groups excluding carboxylic acids is 1. The van der Waals surface area contributed by atoms with Crippen molar-refractivity contribution >= 4 is 38.9 Å². The molecule has 194 valence electrons. The summed E-state index contributed by atoms with van der Waals surface area (Å²) in [6.07, 6.45) is 2.45. The van der Waals surface area contributed by atoms with Crippen LogP contribution in [-0.4, -0.2) is 40.8 Å². The van der Waals surface area contributed by atoms with Crippen molar-refractivity contribution < 1.29 is 22.7 Å². The van der Waals surface area contributed by atoms with Gasteiger partial charge in [-0.05, 0) is 80.3 Å². The molecule has 0 unspecified atom stereocenters. The summed E-state index contributed by atoms with van der Waals surface area (Å²) < 4.78 is 39.1. The molecule has 8 nitrogen and oxygen atoms in total. The van der Waals surface area contributed by atoms with E-state index in [0.717, 1.165) is 45.3 Å². The molecule has 3 aromatic carbocycles. The number of benzene rings is 3. The fourth-order valence-electron chi connectivity index (χ4n) is 4.17. The largest absolute Gasteiger partial charge is 0.497 e. The Bertz CT molecular complexity index is 1440. The second kappa shape index (κ2) is 11.2. The van der Waals surface area contributed by atoms with Gasteiger partial charge in [0.1, 0.15) is 18.0 Å². The van der Waals surface area contributed by atoms with Gasteiger partial charge in [0.2, 0.25) is 0 Å². The van der Waals surface area contributed by atoms with Gasteiger partial charge in [-0.1, -0.05) is 29.3 Å². The van der Waals surface area contributed by atoms with Crippen molar-refractivity contribution in [3.8, 4) is 11.5 Å². The Morgan fingerprint density at radius 1 is 1.03 bits per heavy atom. The van der Waals surface area contributed by atoms with Crippen LogP contribution in [0.4, 0.5) is 5.69 Å². The number of hydrogen-bond acceptors (Lipinski definition) is 6. The van der Waals surface area contributed by atoms with Crippen molar-refractivity contribution in [2.45, 2.75) is 31.1 Å². The number of sulfonamides is 1. The molecule has 1 aliphatic rings. The van der Waals surface area contributed by atoms with Gasteiger partial charge < -0.3 is 9.47 Å². The van der Waals surface area contributed by atoms with Crippen molar-refractivity contribution in [2.24, 2.45) is 5.10 Å². The van der Waals surface area contributed by atoms with Crippen molar-refractivity contribution in [3.05, 3.63) is 82.4 Å². The summed E-state index contributed by atoms with van der Waals surface area (Å²) in [4.78, 5) is 13.1. The van der Waals surface area contributed by atoms with Gasteiger partial charge in [0.05, 0.1) is 30.5 Å². The van der Waals surface area contributed by atoms with Gasteiger partial charge in [0.15, 0.2) is 0 Å². The number of aryl methyl sites for hydroxylation is 2. The van der Waals surface area contributed by atoms with Crippen molar-refractivity contribution in [3.63, 3.8) is 0 Å². The summed E-state index contributed by atoms with van der Waals surface area (Å²) in [5.74, 6) is 0.414. The number of halogens is 1. The third-order valence-corrected chi connectivity index (χ3v) is 8.11. The van der Waals surface area contributed by atoms with Crippen LogP contribution in [-0.2, 0) is 21.2 Å². The van der Waals surface area contributed by atoms with Gasteiger partial charge in [0, 0.05) is 10.6 Å². The summed E-state index contributed by atoms with van der Waals surface area (Å²) >= 11 is 6.20. The number of carbonyl (C=O) groups is 1. The summed E-state index contributed by atoms with van der Waals surface area (Å²) in [5.41, 5.74) is 6.35. The first kappa shape index (κ1) is 26.5. The molecule has 4 rings (SSSR count). The Balaban J connectivity index is 1.65. The summed E-state index contributed by atoms with van der Waals surface area (Å²) in [7, 11) is -1.11. The van der Waals surface area contributed by atoms with Crippen LogP contribution in [0.2, 0.25) is 5.02 Å². The van der Waals surface area contributed by atoms with E-state index in [-0.39, 0.29) is 16.3 Å².